The molecule has 4 rings (SSSR count). The molecule has 1 saturated heterocycles. The molecule has 2 bridgehead atoms. The van der Waals surface area contributed by atoms with Crippen LogP contribution in [0.4, 0.5) is 0 Å². The largest absolute Gasteiger partial charge is 0.465 e. The van der Waals surface area contributed by atoms with Gasteiger partial charge in [-0.25, -0.2) is 4.79 Å². The summed E-state index contributed by atoms with van der Waals surface area (Å²) in [5.41, 5.74) is -4.63. The summed E-state index contributed by atoms with van der Waals surface area (Å²) in [5, 5.41) is 11.6. The Labute approximate surface area is 263 Å². The van der Waals surface area contributed by atoms with Gasteiger partial charge >= 0.3 is 29.8 Å². The van der Waals surface area contributed by atoms with Gasteiger partial charge in [0.2, 0.25) is 0 Å². The first-order valence-corrected chi connectivity index (χ1v) is 15.4. The molecule has 12 heteroatoms. The summed E-state index contributed by atoms with van der Waals surface area (Å²) in [6, 6.07) is 8.10. The lowest BCUT2D eigenvalue weighted by Crippen LogP contribution is -2.81. The van der Waals surface area contributed by atoms with E-state index in [0.717, 1.165) is 6.92 Å². The Morgan fingerprint density at radius 2 is 1.51 bits per heavy atom. The van der Waals surface area contributed by atoms with Gasteiger partial charge in [0.25, 0.3) is 0 Å². The van der Waals surface area contributed by atoms with Gasteiger partial charge in [-0.05, 0) is 44.7 Å². The van der Waals surface area contributed by atoms with Gasteiger partial charge in [0.1, 0.15) is 35.9 Å². The number of carbonyl (C=O) groups is 5. The van der Waals surface area contributed by atoms with Crippen LogP contribution in [-0.2, 0) is 47.6 Å². The van der Waals surface area contributed by atoms with Crippen LogP contribution in [0.15, 0.2) is 30.3 Å². The molecule has 1 aromatic carbocycles. The van der Waals surface area contributed by atoms with E-state index in [-0.39, 0.29) is 12.0 Å². The number of esters is 5. The number of fused-ring (bicyclic) bond motifs is 1. The zero-order chi connectivity index (χ0) is 33.5. The lowest BCUT2D eigenvalue weighted by molar-refractivity contribution is -0.329. The normalized spacial score (nSPS) is 35.3. The Balaban J connectivity index is 2.10. The van der Waals surface area contributed by atoms with E-state index in [1.807, 2.05) is 6.92 Å². The van der Waals surface area contributed by atoms with Gasteiger partial charge in [-0.15, -0.1) is 0 Å². The molecule has 2 saturated carbocycles. The van der Waals surface area contributed by atoms with Crippen molar-refractivity contribution in [1.82, 2.24) is 0 Å². The number of carbonyl (C=O) groups excluding carboxylic acids is 5. The molecule has 10 atom stereocenters. The molecule has 1 aromatic rings. The number of hydrogen-bond acceptors (Lipinski definition) is 12. The predicted molar refractivity (Wildman–Crippen MR) is 156 cm³/mol. The van der Waals surface area contributed by atoms with E-state index >= 15 is 0 Å². The smallest absolute Gasteiger partial charge is 0.338 e. The van der Waals surface area contributed by atoms with Crippen LogP contribution in [0.25, 0.3) is 0 Å². The highest BCUT2D eigenvalue weighted by atomic mass is 16.6. The number of rotatable bonds is 9. The van der Waals surface area contributed by atoms with Gasteiger partial charge in [0.15, 0.2) is 6.10 Å². The van der Waals surface area contributed by atoms with Crippen LogP contribution in [0.2, 0.25) is 0 Å². The fourth-order valence-corrected chi connectivity index (χ4v) is 7.73. The Hall–Kier alpha value is -3.51. The molecule has 1 N–H and O–H groups in total. The first-order valence-electron chi connectivity index (χ1n) is 15.4. The summed E-state index contributed by atoms with van der Waals surface area (Å²) >= 11 is 0. The van der Waals surface area contributed by atoms with Gasteiger partial charge in [0, 0.05) is 20.8 Å². The number of aliphatic hydroxyl groups is 1. The summed E-state index contributed by atoms with van der Waals surface area (Å²) in [5.74, 6) is -5.70. The zero-order valence-corrected chi connectivity index (χ0v) is 27.1. The summed E-state index contributed by atoms with van der Waals surface area (Å²) in [7, 11) is 0. The third-order valence-corrected chi connectivity index (χ3v) is 9.67. The molecular weight excluding hydrogens is 588 g/mol. The average Bonchev–Trinajstić information content (AvgIpc) is 3.15. The number of ether oxygens (including phenoxy) is 6. The van der Waals surface area contributed by atoms with E-state index in [2.05, 4.69) is 0 Å². The van der Waals surface area contributed by atoms with Crippen molar-refractivity contribution in [2.75, 3.05) is 6.61 Å². The number of hydrogen-bond donors (Lipinski definition) is 1. The number of benzene rings is 1. The quantitative estimate of drug-likeness (QED) is 0.313. The first-order chi connectivity index (χ1) is 21.0. The minimum atomic E-state index is -1.93. The minimum absolute atomic E-state index is 0.0248. The molecule has 3 aliphatic rings. The predicted octanol–water partition coefficient (Wildman–Crippen LogP) is 3.16. The maximum absolute atomic E-state index is 13.9. The van der Waals surface area contributed by atoms with Crippen LogP contribution < -0.4 is 0 Å². The summed E-state index contributed by atoms with van der Waals surface area (Å²) in [6.07, 6.45) is -6.46. The Kier molecular flexibility index (Phi) is 9.70. The monoisotopic (exact) mass is 632 g/mol. The summed E-state index contributed by atoms with van der Waals surface area (Å²) < 4.78 is 37.0. The molecule has 248 valence electrons. The second-order valence-corrected chi connectivity index (χ2v) is 13.0. The number of aliphatic hydroxyl groups excluding tert-OH is 1. The lowest BCUT2D eigenvalue weighted by Gasteiger charge is -2.64. The highest BCUT2D eigenvalue weighted by Crippen LogP contribution is 2.68. The van der Waals surface area contributed by atoms with Crippen molar-refractivity contribution in [3.8, 4) is 0 Å². The molecule has 1 heterocycles. The third kappa shape index (κ3) is 5.82. The molecule has 45 heavy (non-hydrogen) atoms. The SMILES string of the molecule is CCC(C)C(=O)O[C@@H]1[C@@H]2[C@@H](OC(C)=O)[C@]3(OC2(C)C)[C@H](C)C[C@H](O)[C@H](OC(C)=O)[C@@]3(COC(C)=O)[C@@H]1OC(=O)c1ccccc1. The third-order valence-electron chi connectivity index (χ3n) is 9.67. The Bertz CT molecular complexity index is 1310. The van der Waals surface area contributed by atoms with Crippen molar-refractivity contribution in [1.29, 1.82) is 0 Å². The lowest BCUT2D eigenvalue weighted by atomic mass is 9.47. The van der Waals surface area contributed by atoms with E-state index in [1.165, 1.54) is 13.8 Å². The second kappa shape index (κ2) is 12.7. The molecule has 2 aliphatic carbocycles. The van der Waals surface area contributed by atoms with E-state index < -0.39 is 101 Å². The van der Waals surface area contributed by atoms with Gasteiger partial charge < -0.3 is 33.5 Å². The van der Waals surface area contributed by atoms with Crippen molar-refractivity contribution < 1.29 is 57.5 Å². The van der Waals surface area contributed by atoms with Crippen molar-refractivity contribution in [3.63, 3.8) is 0 Å². The minimum Gasteiger partial charge on any atom is -0.465 e. The van der Waals surface area contributed by atoms with E-state index in [4.69, 9.17) is 28.4 Å². The van der Waals surface area contributed by atoms with E-state index in [9.17, 15) is 29.1 Å². The van der Waals surface area contributed by atoms with Crippen LogP contribution in [0.3, 0.4) is 0 Å². The topological polar surface area (TPSA) is 161 Å². The van der Waals surface area contributed by atoms with Gasteiger partial charge in [-0.3, -0.25) is 19.2 Å². The molecule has 1 unspecified atom stereocenters. The summed E-state index contributed by atoms with van der Waals surface area (Å²) in [6.45, 7) is 11.7. The molecule has 1 spiro atoms. The standard InChI is InChI=1S/C33H44O12/c1-9-17(2)29(38)43-25-24-27(42-21(6)36)33(45-31(24,7)8)18(3)15-23(37)26(41-20(5)35)32(33,16-40-19(4)34)28(25)44-30(39)22-13-11-10-12-14-22/h10-14,17-18,23-28,37H,9,15-16H2,1-8H3/t17?,18-,23+,24-,25-,26+,27-,28-,32+,33-/m1/s1. The second-order valence-electron chi connectivity index (χ2n) is 13.0. The zero-order valence-electron chi connectivity index (χ0n) is 27.1. The van der Waals surface area contributed by atoms with Crippen LogP contribution in [0, 0.1) is 23.2 Å². The molecule has 12 nitrogen and oxygen atoms in total. The van der Waals surface area contributed by atoms with Crippen LogP contribution in [-0.4, -0.2) is 83.3 Å². The van der Waals surface area contributed by atoms with Gasteiger partial charge in [-0.2, -0.15) is 0 Å². The fourth-order valence-electron chi connectivity index (χ4n) is 7.73. The first kappa shape index (κ1) is 34.4. The van der Waals surface area contributed by atoms with Crippen molar-refractivity contribution >= 4 is 29.8 Å². The molecule has 3 fully saturated rings. The highest BCUT2D eigenvalue weighted by Gasteiger charge is 2.85. The van der Waals surface area contributed by atoms with E-state index in [1.54, 1.807) is 58.0 Å². The van der Waals surface area contributed by atoms with Crippen LogP contribution >= 0.6 is 0 Å². The molecule has 0 aromatic heterocycles. The molecule has 0 radical (unpaired) electrons. The molecular formula is C33H44O12. The maximum atomic E-state index is 13.9. The van der Waals surface area contributed by atoms with Crippen molar-refractivity contribution in [2.24, 2.45) is 23.2 Å². The van der Waals surface area contributed by atoms with Gasteiger partial charge in [0.05, 0.1) is 29.1 Å². The summed E-state index contributed by atoms with van der Waals surface area (Å²) in [4.78, 5) is 65.3. The molecule has 0 amide bonds. The van der Waals surface area contributed by atoms with Crippen molar-refractivity contribution in [3.05, 3.63) is 35.9 Å². The molecule has 1 aliphatic heterocycles. The van der Waals surface area contributed by atoms with E-state index in [0.29, 0.717) is 6.42 Å². The Morgan fingerprint density at radius 1 is 0.911 bits per heavy atom. The maximum Gasteiger partial charge on any atom is 0.338 e. The Morgan fingerprint density at radius 3 is 2.07 bits per heavy atom. The fraction of sp³-hybridized carbons (Fsp3) is 0.667. The van der Waals surface area contributed by atoms with Crippen molar-refractivity contribution in [2.45, 2.75) is 110 Å². The van der Waals surface area contributed by atoms with Gasteiger partial charge in [-0.1, -0.05) is 39.0 Å². The highest BCUT2D eigenvalue weighted by molar-refractivity contribution is 5.89. The van der Waals surface area contributed by atoms with Crippen LogP contribution in [0.5, 0.6) is 0 Å². The average molecular weight is 633 g/mol. The van der Waals surface area contributed by atoms with Crippen LogP contribution in [0.1, 0.15) is 78.6 Å².